The maximum absolute atomic E-state index is 10.4. The van der Waals surface area contributed by atoms with E-state index in [4.69, 9.17) is 10.8 Å². The number of rotatable bonds is 3. The summed E-state index contributed by atoms with van der Waals surface area (Å²) in [6.45, 7) is 1.97. The van der Waals surface area contributed by atoms with Gasteiger partial charge in [0.15, 0.2) is 0 Å². The summed E-state index contributed by atoms with van der Waals surface area (Å²) in [6.07, 6.45) is 1.94. The minimum atomic E-state index is -0.722. The molecule has 13 heavy (non-hydrogen) atoms. The van der Waals surface area contributed by atoms with Gasteiger partial charge in [-0.05, 0) is 32.4 Å². The second kappa shape index (κ2) is 4.58. The summed E-state index contributed by atoms with van der Waals surface area (Å²) in [5, 5.41) is 8.54. The molecule has 0 aliphatic carbocycles. The average Bonchev–Trinajstić information content (AvgIpc) is 2.06. The number of piperidine rings is 1. The third kappa shape index (κ3) is 3.32. The van der Waals surface area contributed by atoms with Crippen LogP contribution in [0.25, 0.3) is 0 Å². The highest BCUT2D eigenvalue weighted by Crippen LogP contribution is 2.18. The second-order valence-electron chi connectivity index (χ2n) is 3.91. The zero-order valence-corrected chi connectivity index (χ0v) is 8.07. The lowest BCUT2D eigenvalue weighted by Crippen LogP contribution is -2.45. The molecule has 1 rings (SSSR count). The zero-order chi connectivity index (χ0) is 9.84. The van der Waals surface area contributed by atoms with Gasteiger partial charge in [0.05, 0.1) is 0 Å². The van der Waals surface area contributed by atoms with E-state index in [0.717, 1.165) is 19.5 Å². The highest BCUT2D eigenvalue weighted by molar-refractivity contribution is 5.66. The first-order chi connectivity index (χ1) is 6.09. The molecule has 0 amide bonds. The SMILES string of the molecule is CN1CC[C@H](N)[C@@H](CCC(=O)O)C1. The first kappa shape index (κ1) is 10.5. The van der Waals surface area contributed by atoms with Gasteiger partial charge in [-0.1, -0.05) is 0 Å². The van der Waals surface area contributed by atoms with Crippen molar-refractivity contribution in [3.8, 4) is 0 Å². The van der Waals surface area contributed by atoms with Crippen molar-refractivity contribution in [2.24, 2.45) is 11.7 Å². The summed E-state index contributed by atoms with van der Waals surface area (Å²) < 4.78 is 0. The summed E-state index contributed by atoms with van der Waals surface area (Å²) >= 11 is 0. The molecule has 0 aromatic heterocycles. The van der Waals surface area contributed by atoms with Crippen LogP contribution < -0.4 is 5.73 Å². The van der Waals surface area contributed by atoms with E-state index in [0.29, 0.717) is 12.3 Å². The molecule has 4 heteroatoms. The number of carboxylic acids is 1. The molecule has 1 aliphatic rings. The largest absolute Gasteiger partial charge is 0.481 e. The maximum atomic E-state index is 10.4. The number of nitrogens with zero attached hydrogens (tertiary/aromatic N) is 1. The molecule has 0 aromatic carbocycles. The quantitative estimate of drug-likeness (QED) is 0.657. The van der Waals surface area contributed by atoms with E-state index in [1.165, 1.54) is 0 Å². The number of aliphatic carboxylic acids is 1. The van der Waals surface area contributed by atoms with Crippen molar-refractivity contribution in [2.45, 2.75) is 25.3 Å². The molecule has 76 valence electrons. The molecule has 2 atom stereocenters. The Kier molecular flexibility index (Phi) is 3.69. The first-order valence-corrected chi connectivity index (χ1v) is 4.75. The van der Waals surface area contributed by atoms with Gasteiger partial charge in [0, 0.05) is 19.0 Å². The summed E-state index contributed by atoms with van der Waals surface area (Å²) in [5.74, 6) is -0.365. The van der Waals surface area contributed by atoms with Crippen molar-refractivity contribution in [3.05, 3.63) is 0 Å². The fraction of sp³-hybridized carbons (Fsp3) is 0.889. The maximum Gasteiger partial charge on any atom is 0.303 e. The molecule has 1 fully saturated rings. The lowest BCUT2D eigenvalue weighted by atomic mass is 9.89. The van der Waals surface area contributed by atoms with Crippen LogP contribution in [-0.2, 0) is 4.79 Å². The van der Waals surface area contributed by atoms with Crippen molar-refractivity contribution < 1.29 is 9.90 Å². The van der Waals surface area contributed by atoms with E-state index in [2.05, 4.69) is 11.9 Å². The predicted octanol–water partition coefficient (Wildman–Crippen LogP) is 0.130. The number of likely N-dealkylation sites (tertiary alicyclic amines) is 1. The molecule has 0 aromatic rings. The molecular formula is C9H18N2O2. The van der Waals surface area contributed by atoms with Crippen LogP contribution in [0.15, 0.2) is 0 Å². The Balaban J connectivity index is 2.33. The smallest absolute Gasteiger partial charge is 0.303 e. The monoisotopic (exact) mass is 186 g/mol. The molecule has 0 saturated carbocycles. The van der Waals surface area contributed by atoms with Gasteiger partial charge in [-0.15, -0.1) is 0 Å². The van der Waals surface area contributed by atoms with Crippen LogP contribution in [0.3, 0.4) is 0 Å². The lowest BCUT2D eigenvalue weighted by Gasteiger charge is -2.34. The van der Waals surface area contributed by atoms with Gasteiger partial charge in [-0.3, -0.25) is 4.79 Å². The second-order valence-corrected chi connectivity index (χ2v) is 3.91. The lowest BCUT2D eigenvalue weighted by molar-refractivity contribution is -0.137. The van der Waals surface area contributed by atoms with Crippen molar-refractivity contribution in [3.63, 3.8) is 0 Å². The summed E-state index contributed by atoms with van der Waals surface area (Å²) in [4.78, 5) is 12.6. The Labute approximate surface area is 78.7 Å². The zero-order valence-electron chi connectivity index (χ0n) is 8.07. The Morgan fingerprint density at radius 3 is 3.00 bits per heavy atom. The summed E-state index contributed by atoms with van der Waals surface area (Å²) in [6, 6.07) is 0.190. The van der Waals surface area contributed by atoms with Gasteiger partial charge in [-0.25, -0.2) is 0 Å². The van der Waals surface area contributed by atoms with Crippen LogP contribution in [0.2, 0.25) is 0 Å². The summed E-state index contributed by atoms with van der Waals surface area (Å²) in [5.41, 5.74) is 5.91. The van der Waals surface area contributed by atoms with Gasteiger partial charge in [0.1, 0.15) is 0 Å². The normalized spacial score (nSPS) is 30.3. The van der Waals surface area contributed by atoms with E-state index >= 15 is 0 Å². The fourth-order valence-electron chi connectivity index (χ4n) is 1.85. The predicted molar refractivity (Wildman–Crippen MR) is 50.4 cm³/mol. The standard InChI is InChI=1S/C9H18N2O2/c1-11-5-4-8(10)7(6-11)2-3-9(12)13/h7-8H,2-6,10H2,1H3,(H,12,13)/t7-,8-/m0/s1. The number of carboxylic acid groups (broad SMARTS) is 1. The van der Waals surface area contributed by atoms with Crippen LogP contribution in [0, 0.1) is 5.92 Å². The molecule has 4 nitrogen and oxygen atoms in total. The molecule has 1 heterocycles. The van der Waals surface area contributed by atoms with E-state index in [-0.39, 0.29) is 12.5 Å². The minimum Gasteiger partial charge on any atom is -0.481 e. The molecular weight excluding hydrogens is 168 g/mol. The van der Waals surface area contributed by atoms with Crippen molar-refractivity contribution in [1.29, 1.82) is 0 Å². The van der Waals surface area contributed by atoms with E-state index < -0.39 is 5.97 Å². The molecule has 0 unspecified atom stereocenters. The van der Waals surface area contributed by atoms with Gasteiger partial charge in [-0.2, -0.15) is 0 Å². The average molecular weight is 186 g/mol. The van der Waals surface area contributed by atoms with Crippen molar-refractivity contribution >= 4 is 5.97 Å². The topological polar surface area (TPSA) is 66.6 Å². The Hall–Kier alpha value is -0.610. The number of hydrogen-bond acceptors (Lipinski definition) is 3. The highest BCUT2D eigenvalue weighted by atomic mass is 16.4. The fourth-order valence-corrected chi connectivity index (χ4v) is 1.85. The van der Waals surface area contributed by atoms with Crippen LogP contribution in [-0.4, -0.2) is 42.2 Å². The number of nitrogens with two attached hydrogens (primary N) is 1. The molecule has 1 aliphatic heterocycles. The van der Waals surface area contributed by atoms with Crippen molar-refractivity contribution in [1.82, 2.24) is 4.90 Å². The molecule has 0 bridgehead atoms. The van der Waals surface area contributed by atoms with Gasteiger partial charge in [0.25, 0.3) is 0 Å². The molecule has 1 saturated heterocycles. The van der Waals surface area contributed by atoms with Crippen LogP contribution in [0.4, 0.5) is 0 Å². The Morgan fingerprint density at radius 2 is 2.38 bits per heavy atom. The van der Waals surface area contributed by atoms with Crippen LogP contribution >= 0.6 is 0 Å². The molecule has 0 radical (unpaired) electrons. The molecule has 0 spiro atoms. The number of hydrogen-bond donors (Lipinski definition) is 2. The van der Waals surface area contributed by atoms with Crippen LogP contribution in [0.5, 0.6) is 0 Å². The number of carbonyl (C=O) groups is 1. The first-order valence-electron chi connectivity index (χ1n) is 4.75. The Morgan fingerprint density at radius 1 is 1.69 bits per heavy atom. The van der Waals surface area contributed by atoms with Gasteiger partial charge >= 0.3 is 5.97 Å². The highest BCUT2D eigenvalue weighted by Gasteiger charge is 2.24. The third-order valence-corrected chi connectivity index (χ3v) is 2.72. The van der Waals surface area contributed by atoms with Gasteiger partial charge < -0.3 is 15.7 Å². The van der Waals surface area contributed by atoms with E-state index in [9.17, 15) is 4.79 Å². The van der Waals surface area contributed by atoms with E-state index in [1.807, 2.05) is 0 Å². The minimum absolute atomic E-state index is 0.190. The van der Waals surface area contributed by atoms with Crippen LogP contribution in [0.1, 0.15) is 19.3 Å². The van der Waals surface area contributed by atoms with Crippen molar-refractivity contribution in [2.75, 3.05) is 20.1 Å². The summed E-state index contributed by atoms with van der Waals surface area (Å²) in [7, 11) is 2.06. The Bertz CT molecular complexity index is 184. The van der Waals surface area contributed by atoms with Gasteiger partial charge in [0.2, 0.25) is 0 Å². The molecule has 3 N–H and O–H groups in total. The van der Waals surface area contributed by atoms with E-state index in [1.54, 1.807) is 0 Å². The third-order valence-electron chi connectivity index (χ3n) is 2.72.